The molecule has 3 heterocycles. The first-order valence-electron chi connectivity index (χ1n) is 9.55. The molecule has 4 nitrogen and oxygen atoms in total. The van der Waals surface area contributed by atoms with Gasteiger partial charge in [-0.1, -0.05) is 37.3 Å². The summed E-state index contributed by atoms with van der Waals surface area (Å²) in [4.78, 5) is 19.8. The lowest BCUT2D eigenvalue weighted by Gasteiger charge is -2.31. The molecule has 0 bridgehead atoms. The van der Waals surface area contributed by atoms with Crippen LogP contribution in [0.4, 0.5) is 0 Å². The largest absolute Gasteiger partial charge is 0.459 e. The normalized spacial score (nSPS) is 18.0. The quantitative estimate of drug-likeness (QED) is 0.586. The zero-order chi connectivity index (χ0) is 18.8. The van der Waals surface area contributed by atoms with E-state index in [9.17, 15) is 4.79 Å². The molecule has 5 heteroatoms. The number of hydrogen-bond donors (Lipinski definition) is 0. The zero-order valence-electron chi connectivity index (χ0n) is 15.7. The molecule has 0 radical (unpaired) electrons. The summed E-state index contributed by atoms with van der Waals surface area (Å²) >= 11 is 1.46. The van der Waals surface area contributed by atoms with Crippen LogP contribution in [-0.2, 0) is 0 Å². The van der Waals surface area contributed by atoms with Crippen LogP contribution >= 0.6 is 11.3 Å². The maximum atomic E-state index is 13.2. The molecule has 2 aromatic heterocycles. The molecule has 0 aliphatic carbocycles. The highest BCUT2D eigenvalue weighted by Gasteiger charge is 2.35. The molecule has 1 aliphatic heterocycles. The van der Waals surface area contributed by atoms with Crippen molar-refractivity contribution in [3.05, 3.63) is 64.9 Å². The fourth-order valence-corrected chi connectivity index (χ4v) is 4.83. The monoisotopic (exact) mass is 380 g/mol. The van der Waals surface area contributed by atoms with E-state index in [0.717, 1.165) is 42.3 Å². The number of aryl methyl sites for hydroxylation is 1. The first-order valence-corrected chi connectivity index (χ1v) is 10.4. The second-order valence-electron chi connectivity index (χ2n) is 7.08. The molecule has 1 amide bonds. The van der Waals surface area contributed by atoms with Gasteiger partial charge in [0.1, 0.15) is 11.5 Å². The zero-order valence-corrected chi connectivity index (χ0v) is 16.5. The number of nitrogens with zero attached hydrogens (tertiary/aromatic N) is 2. The summed E-state index contributed by atoms with van der Waals surface area (Å²) in [7, 11) is 0. The number of carbonyl (C=O) groups is 1. The Morgan fingerprint density at radius 2 is 2.11 bits per heavy atom. The molecule has 1 aromatic carbocycles. The highest BCUT2D eigenvalue weighted by Crippen LogP contribution is 2.35. The van der Waals surface area contributed by atoms with Crippen LogP contribution in [0.1, 0.15) is 53.9 Å². The van der Waals surface area contributed by atoms with Gasteiger partial charge < -0.3 is 9.32 Å². The molecule has 1 saturated heterocycles. The second kappa shape index (κ2) is 7.69. The third-order valence-corrected chi connectivity index (χ3v) is 6.22. The van der Waals surface area contributed by atoms with Crippen LogP contribution in [0.5, 0.6) is 0 Å². The summed E-state index contributed by atoms with van der Waals surface area (Å²) in [6, 6.07) is 14.6. The van der Waals surface area contributed by atoms with E-state index >= 15 is 0 Å². The van der Waals surface area contributed by atoms with E-state index in [1.807, 2.05) is 35.4 Å². The van der Waals surface area contributed by atoms with Crippen molar-refractivity contribution in [3.63, 3.8) is 0 Å². The van der Waals surface area contributed by atoms with Crippen molar-refractivity contribution in [3.8, 4) is 10.8 Å². The highest BCUT2D eigenvalue weighted by molar-refractivity contribution is 7.13. The third-order valence-electron chi connectivity index (χ3n) is 5.37. The van der Waals surface area contributed by atoms with Crippen molar-refractivity contribution in [1.29, 1.82) is 0 Å². The number of hydrogen-bond acceptors (Lipinski definition) is 4. The van der Waals surface area contributed by atoms with Crippen LogP contribution in [0.3, 0.4) is 0 Å². The first kappa shape index (κ1) is 18.0. The Balaban J connectivity index is 1.57. The van der Waals surface area contributed by atoms with Gasteiger partial charge in [-0.2, -0.15) is 0 Å². The van der Waals surface area contributed by atoms with Crippen molar-refractivity contribution in [2.75, 3.05) is 6.54 Å². The Hall–Kier alpha value is -2.40. The number of aromatic nitrogens is 1. The average Bonchev–Trinajstić information content (AvgIpc) is 3.43. The maximum Gasteiger partial charge on any atom is 0.273 e. The number of carbonyl (C=O) groups excluding carboxylic acids is 1. The summed E-state index contributed by atoms with van der Waals surface area (Å²) < 4.78 is 5.65. The minimum absolute atomic E-state index is 0.0395. The minimum Gasteiger partial charge on any atom is -0.459 e. The molecule has 0 N–H and O–H groups in total. The van der Waals surface area contributed by atoms with Gasteiger partial charge in [-0.3, -0.25) is 4.79 Å². The van der Waals surface area contributed by atoms with Crippen molar-refractivity contribution in [2.24, 2.45) is 0 Å². The predicted octanol–water partition coefficient (Wildman–Crippen LogP) is 5.51. The van der Waals surface area contributed by atoms with E-state index in [4.69, 9.17) is 4.42 Å². The van der Waals surface area contributed by atoms with Gasteiger partial charge in [0.05, 0.1) is 0 Å². The number of benzene rings is 1. The fraction of sp³-hybridized carbons (Fsp3) is 0.364. The average molecular weight is 381 g/mol. The number of likely N-dealkylation sites (tertiary alicyclic amines) is 1. The Kier molecular flexibility index (Phi) is 5.12. The van der Waals surface area contributed by atoms with Crippen LogP contribution in [-0.4, -0.2) is 28.4 Å². The van der Waals surface area contributed by atoms with E-state index in [1.165, 1.54) is 16.9 Å². The summed E-state index contributed by atoms with van der Waals surface area (Å²) in [5.41, 5.74) is 1.84. The standard InChI is InChI=1S/C22H24N2O2S/c1-3-17(16-8-5-4-6-9-16)19-10-7-13-24(19)22(25)18-14-27-21(23-18)20-12-11-15(2)26-20/h4-6,8-9,11-12,14,17,19H,3,7,10,13H2,1-2H3/t17-,19+/m0/s1. The number of furan rings is 1. The topological polar surface area (TPSA) is 46.3 Å². The smallest absolute Gasteiger partial charge is 0.273 e. The summed E-state index contributed by atoms with van der Waals surface area (Å²) in [6.07, 6.45) is 3.12. The van der Waals surface area contributed by atoms with Gasteiger partial charge in [-0.25, -0.2) is 4.98 Å². The summed E-state index contributed by atoms with van der Waals surface area (Å²) in [5.74, 6) is 1.98. The molecule has 140 valence electrons. The van der Waals surface area contributed by atoms with Crippen LogP contribution in [0.15, 0.2) is 52.3 Å². The molecule has 1 aliphatic rings. The number of amides is 1. The van der Waals surface area contributed by atoms with E-state index in [1.54, 1.807) is 0 Å². The molecule has 3 aromatic rings. The SMILES string of the molecule is CC[C@@H](c1ccccc1)[C@H]1CCCN1C(=O)c1csc(-c2ccc(C)o2)n1. The van der Waals surface area contributed by atoms with Gasteiger partial charge in [0.25, 0.3) is 5.91 Å². The predicted molar refractivity (Wildman–Crippen MR) is 108 cm³/mol. The van der Waals surface area contributed by atoms with Gasteiger partial charge in [-0.15, -0.1) is 11.3 Å². The molecule has 27 heavy (non-hydrogen) atoms. The molecule has 0 saturated carbocycles. The van der Waals surface area contributed by atoms with E-state index < -0.39 is 0 Å². The number of thiazole rings is 1. The van der Waals surface area contributed by atoms with Crippen LogP contribution in [0.2, 0.25) is 0 Å². The Labute approximate surface area is 163 Å². The van der Waals surface area contributed by atoms with Gasteiger partial charge in [0.15, 0.2) is 10.8 Å². The second-order valence-corrected chi connectivity index (χ2v) is 7.94. The van der Waals surface area contributed by atoms with E-state index in [-0.39, 0.29) is 11.9 Å². The lowest BCUT2D eigenvalue weighted by atomic mass is 9.87. The van der Waals surface area contributed by atoms with Crippen LogP contribution in [0, 0.1) is 6.92 Å². The molecular formula is C22H24N2O2S. The van der Waals surface area contributed by atoms with Gasteiger partial charge in [-0.05, 0) is 43.9 Å². The van der Waals surface area contributed by atoms with E-state index in [0.29, 0.717) is 11.6 Å². The maximum absolute atomic E-state index is 13.2. The van der Waals surface area contributed by atoms with E-state index in [2.05, 4.69) is 36.2 Å². The first-order chi connectivity index (χ1) is 13.2. The molecule has 0 spiro atoms. The van der Waals surface area contributed by atoms with Crippen LogP contribution in [0.25, 0.3) is 10.8 Å². The Morgan fingerprint density at radius 1 is 1.30 bits per heavy atom. The highest BCUT2D eigenvalue weighted by atomic mass is 32.1. The van der Waals surface area contributed by atoms with Gasteiger partial charge in [0.2, 0.25) is 0 Å². The van der Waals surface area contributed by atoms with Crippen molar-refractivity contribution >= 4 is 17.2 Å². The van der Waals surface area contributed by atoms with Crippen LogP contribution < -0.4 is 0 Å². The molecule has 0 unspecified atom stereocenters. The number of rotatable bonds is 5. The fourth-order valence-electron chi connectivity index (χ4n) is 4.07. The van der Waals surface area contributed by atoms with Gasteiger partial charge >= 0.3 is 0 Å². The van der Waals surface area contributed by atoms with Crippen molar-refractivity contribution in [2.45, 2.75) is 45.1 Å². The Bertz CT molecular complexity index is 915. The molecule has 4 rings (SSSR count). The lowest BCUT2D eigenvalue weighted by Crippen LogP contribution is -2.39. The molecule has 2 atom stereocenters. The van der Waals surface area contributed by atoms with Crippen molar-refractivity contribution in [1.82, 2.24) is 9.88 Å². The van der Waals surface area contributed by atoms with Gasteiger partial charge in [0, 0.05) is 23.9 Å². The third kappa shape index (κ3) is 3.56. The summed E-state index contributed by atoms with van der Waals surface area (Å²) in [6.45, 7) is 4.92. The molecular weight excluding hydrogens is 356 g/mol. The minimum atomic E-state index is 0.0395. The summed E-state index contributed by atoms with van der Waals surface area (Å²) in [5, 5.41) is 2.62. The molecule has 1 fully saturated rings. The van der Waals surface area contributed by atoms with Crippen molar-refractivity contribution < 1.29 is 9.21 Å². The lowest BCUT2D eigenvalue weighted by molar-refractivity contribution is 0.0709. The Morgan fingerprint density at radius 3 is 2.81 bits per heavy atom.